The van der Waals surface area contributed by atoms with Gasteiger partial charge in [-0.3, -0.25) is 4.79 Å². The molecule has 5 heteroatoms. The van der Waals surface area contributed by atoms with E-state index in [-0.39, 0.29) is 5.91 Å². The quantitative estimate of drug-likeness (QED) is 0.711. The smallest absolute Gasteiger partial charge is 0.241 e. The number of likely N-dealkylation sites (N-methyl/N-ethyl adjacent to an activating group) is 1. The first kappa shape index (κ1) is 19.1. The van der Waals surface area contributed by atoms with Crippen molar-refractivity contribution < 1.29 is 9.53 Å². The van der Waals surface area contributed by atoms with E-state index in [1.165, 1.54) is 0 Å². The van der Waals surface area contributed by atoms with Crippen molar-refractivity contribution in [2.45, 2.75) is 26.4 Å². The lowest BCUT2D eigenvalue weighted by atomic mass is 10.2. The van der Waals surface area contributed by atoms with Gasteiger partial charge in [0.15, 0.2) is 0 Å². The Labute approximate surface area is 154 Å². The summed E-state index contributed by atoms with van der Waals surface area (Å²) in [5.41, 5.74) is 1.96. The summed E-state index contributed by atoms with van der Waals surface area (Å²) in [5.74, 6) is 0.878. The van der Waals surface area contributed by atoms with Gasteiger partial charge in [0, 0.05) is 24.3 Å². The Morgan fingerprint density at radius 2 is 1.80 bits per heavy atom. The Morgan fingerprint density at radius 3 is 2.44 bits per heavy atom. The molecule has 134 valence electrons. The topological polar surface area (TPSA) is 41.6 Å². The second-order valence-electron chi connectivity index (χ2n) is 5.96. The maximum atomic E-state index is 12.0. The summed E-state index contributed by atoms with van der Waals surface area (Å²) in [6.07, 6.45) is 2.12. The van der Waals surface area contributed by atoms with E-state index in [1.807, 2.05) is 55.6 Å². The SMILES string of the molecule is CCCCN(C)C(=O)CNc1ccc(OCc2ccc(Cl)cc2)cc1. The van der Waals surface area contributed by atoms with Crippen LogP contribution in [0.5, 0.6) is 5.75 Å². The third kappa shape index (κ3) is 6.67. The Balaban J connectivity index is 1.77. The number of amides is 1. The van der Waals surface area contributed by atoms with E-state index in [9.17, 15) is 4.79 Å². The summed E-state index contributed by atoms with van der Waals surface area (Å²) in [7, 11) is 1.84. The second-order valence-corrected chi connectivity index (χ2v) is 6.40. The van der Waals surface area contributed by atoms with Crippen LogP contribution in [0.1, 0.15) is 25.3 Å². The zero-order chi connectivity index (χ0) is 18.1. The minimum Gasteiger partial charge on any atom is -0.489 e. The number of carbonyl (C=O) groups excluding carboxylic acids is 1. The highest BCUT2D eigenvalue weighted by molar-refractivity contribution is 6.30. The summed E-state index contributed by atoms with van der Waals surface area (Å²) in [4.78, 5) is 13.8. The summed E-state index contributed by atoms with van der Waals surface area (Å²) < 4.78 is 5.75. The Bertz CT molecular complexity index is 656. The standard InChI is InChI=1S/C20H25ClN2O2/c1-3-4-13-23(2)20(24)14-22-18-9-11-19(12-10-18)25-15-16-5-7-17(21)8-6-16/h5-12,22H,3-4,13-15H2,1-2H3. The highest BCUT2D eigenvalue weighted by atomic mass is 35.5. The van der Waals surface area contributed by atoms with Gasteiger partial charge in [-0.2, -0.15) is 0 Å². The van der Waals surface area contributed by atoms with Crippen LogP contribution in [0.15, 0.2) is 48.5 Å². The molecule has 0 fully saturated rings. The molecule has 0 unspecified atom stereocenters. The van der Waals surface area contributed by atoms with Gasteiger partial charge in [0.25, 0.3) is 0 Å². The van der Waals surface area contributed by atoms with Crippen LogP contribution >= 0.6 is 11.6 Å². The van der Waals surface area contributed by atoms with Crippen molar-refractivity contribution in [2.24, 2.45) is 0 Å². The molecule has 0 bridgehead atoms. The highest BCUT2D eigenvalue weighted by Gasteiger charge is 2.07. The fourth-order valence-electron chi connectivity index (χ4n) is 2.25. The van der Waals surface area contributed by atoms with Crippen LogP contribution in [0.3, 0.4) is 0 Å². The van der Waals surface area contributed by atoms with E-state index in [1.54, 1.807) is 4.90 Å². The molecule has 0 aliphatic rings. The molecule has 0 saturated carbocycles. The molecule has 4 nitrogen and oxygen atoms in total. The number of nitrogens with one attached hydrogen (secondary N) is 1. The van der Waals surface area contributed by atoms with E-state index in [4.69, 9.17) is 16.3 Å². The van der Waals surface area contributed by atoms with Gasteiger partial charge in [-0.25, -0.2) is 0 Å². The van der Waals surface area contributed by atoms with E-state index in [0.29, 0.717) is 18.2 Å². The van der Waals surface area contributed by atoms with Crippen molar-refractivity contribution in [3.63, 3.8) is 0 Å². The number of hydrogen-bond acceptors (Lipinski definition) is 3. The van der Waals surface area contributed by atoms with Crippen LogP contribution in [-0.2, 0) is 11.4 Å². The number of halogens is 1. The zero-order valence-corrected chi connectivity index (χ0v) is 15.6. The monoisotopic (exact) mass is 360 g/mol. The van der Waals surface area contributed by atoms with Gasteiger partial charge in [-0.05, 0) is 48.4 Å². The van der Waals surface area contributed by atoms with Crippen molar-refractivity contribution >= 4 is 23.2 Å². The molecule has 0 heterocycles. The van der Waals surface area contributed by atoms with Gasteiger partial charge in [-0.1, -0.05) is 37.1 Å². The molecule has 0 atom stereocenters. The number of ether oxygens (including phenoxy) is 1. The molecular formula is C20H25ClN2O2. The summed E-state index contributed by atoms with van der Waals surface area (Å²) in [6, 6.07) is 15.2. The van der Waals surface area contributed by atoms with Crippen LogP contribution in [0.4, 0.5) is 5.69 Å². The van der Waals surface area contributed by atoms with Crippen LogP contribution in [0, 0.1) is 0 Å². The van der Waals surface area contributed by atoms with Crippen molar-refractivity contribution in [2.75, 3.05) is 25.5 Å². The van der Waals surface area contributed by atoms with Crippen molar-refractivity contribution in [1.29, 1.82) is 0 Å². The Morgan fingerprint density at radius 1 is 1.12 bits per heavy atom. The lowest BCUT2D eigenvalue weighted by Crippen LogP contribution is -2.32. The van der Waals surface area contributed by atoms with Crippen LogP contribution in [0.25, 0.3) is 0 Å². The molecule has 0 aliphatic carbocycles. The molecule has 1 amide bonds. The number of nitrogens with zero attached hydrogens (tertiary/aromatic N) is 1. The van der Waals surface area contributed by atoms with E-state index in [0.717, 1.165) is 36.4 Å². The number of carbonyl (C=O) groups is 1. The van der Waals surface area contributed by atoms with E-state index < -0.39 is 0 Å². The molecule has 2 aromatic carbocycles. The minimum absolute atomic E-state index is 0.0940. The number of hydrogen-bond donors (Lipinski definition) is 1. The van der Waals surface area contributed by atoms with Gasteiger partial charge in [0.1, 0.15) is 12.4 Å². The van der Waals surface area contributed by atoms with Crippen molar-refractivity contribution in [1.82, 2.24) is 4.90 Å². The minimum atomic E-state index is 0.0940. The fraction of sp³-hybridized carbons (Fsp3) is 0.350. The van der Waals surface area contributed by atoms with E-state index >= 15 is 0 Å². The fourth-order valence-corrected chi connectivity index (χ4v) is 2.37. The third-order valence-electron chi connectivity index (χ3n) is 3.89. The van der Waals surface area contributed by atoms with Crippen molar-refractivity contribution in [3.05, 3.63) is 59.1 Å². The molecule has 0 spiro atoms. The third-order valence-corrected chi connectivity index (χ3v) is 4.14. The van der Waals surface area contributed by atoms with Gasteiger partial charge in [0.05, 0.1) is 6.54 Å². The number of benzene rings is 2. The Hall–Kier alpha value is -2.20. The maximum absolute atomic E-state index is 12.0. The van der Waals surface area contributed by atoms with Crippen LogP contribution in [0.2, 0.25) is 5.02 Å². The Kier molecular flexibility index (Phi) is 7.61. The first-order chi connectivity index (χ1) is 12.1. The van der Waals surface area contributed by atoms with Crippen molar-refractivity contribution in [3.8, 4) is 5.75 Å². The summed E-state index contributed by atoms with van der Waals surface area (Å²) in [5, 5.41) is 3.86. The van der Waals surface area contributed by atoms with Crippen LogP contribution in [-0.4, -0.2) is 30.9 Å². The molecular weight excluding hydrogens is 336 g/mol. The normalized spacial score (nSPS) is 10.4. The number of unbranched alkanes of at least 4 members (excludes halogenated alkanes) is 1. The van der Waals surface area contributed by atoms with Crippen LogP contribution < -0.4 is 10.1 Å². The first-order valence-electron chi connectivity index (χ1n) is 8.53. The molecule has 0 aliphatic heterocycles. The average molecular weight is 361 g/mol. The highest BCUT2D eigenvalue weighted by Crippen LogP contribution is 2.18. The summed E-state index contributed by atoms with van der Waals surface area (Å²) >= 11 is 5.87. The summed E-state index contributed by atoms with van der Waals surface area (Å²) in [6.45, 7) is 3.71. The predicted molar refractivity (Wildman–Crippen MR) is 103 cm³/mol. The van der Waals surface area contributed by atoms with Gasteiger partial charge >= 0.3 is 0 Å². The molecule has 2 rings (SSSR count). The average Bonchev–Trinajstić information content (AvgIpc) is 2.64. The molecule has 25 heavy (non-hydrogen) atoms. The van der Waals surface area contributed by atoms with E-state index in [2.05, 4.69) is 12.2 Å². The molecule has 2 aromatic rings. The largest absolute Gasteiger partial charge is 0.489 e. The lowest BCUT2D eigenvalue weighted by Gasteiger charge is -2.17. The molecule has 1 N–H and O–H groups in total. The number of anilines is 1. The maximum Gasteiger partial charge on any atom is 0.241 e. The lowest BCUT2D eigenvalue weighted by molar-refractivity contribution is -0.128. The zero-order valence-electron chi connectivity index (χ0n) is 14.8. The first-order valence-corrected chi connectivity index (χ1v) is 8.91. The van der Waals surface area contributed by atoms with Gasteiger partial charge in [-0.15, -0.1) is 0 Å². The predicted octanol–water partition coefficient (Wildman–Crippen LogP) is 4.59. The van der Waals surface area contributed by atoms with Gasteiger partial charge in [0.2, 0.25) is 5.91 Å². The molecule has 0 radical (unpaired) electrons. The van der Waals surface area contributed by atoms with Gasteiger partial charge < -0.3 is 15.0 Å². The number of rotatable bonds is 9. The molecule has 0 aromatic heterocycles. The molecule has 0 saturated heterocycles. The second kappa shape index (κ2) is 9.94.